The van der Waals surface area contributed by atoms with Crippen LogP contribution >= 0.6 is 11.6 Å². The van der Waals surface area contributed by atoms with Crippen molar-refractivity contribution in [2.75, 3.05) is 26.1 Å². The molecule has 1 unspecified atom stereocenters. The Kier molecular flexibility index (Phi) is 7.37. The quantitative estimate of drug-likeness (QED) is 0.366. The molecular formula is C12H24ClNO2. The lowest BCUT2D eigenvalue weighted by Gasteiger charge is -2.20. The van der Waals surface area contributed by atoms with Gasteiger partial charge in [-0.2, -0.15) is 0 Å². The fourth-order valence-electron chi connectivity index (χ4n) is 1.95. The maximum atomic E-state index is 9.20. The van der Waals surface area contributed by atoms with Crippen LogP contribution in [0.3, 0.4) is 0 Å². The first-order chi connectivity index (χ1) is 7.77. The van der Waals surface area contributed by atoms with E-state index in [2.05, 4.69) is 4.90 Å². The number of hydrogen-bond donors (Lipinski definition) is 1. The summed E-state index contributed by atoms with van der Waals surface area (Å²) < 4.78 is 4.79. The van der Waals surface area contributed by atoms with E-state index in [1.54, 1.807) is 7.11 Å². The molecule has 3 nitrogen and oxygen atoms in total. The molecule has 0 amide bonds. The van der Waals surface area contributed by atoms with E-state index in [4.69, 9.17) is 16.3 Å². The van der Waals surface area contributed by atoms with Crippen molar-refractivity contribution in [2.24, 2.45) is 0 Å². The van der Waals surface area contributed by atoms with E-state index in [1.165, 1.54) is 19.3 Å². The van der Waals surface area contributed by atoms with Crippen molar-refractivity contribution >= 4 is 11.6 Å². The van der Waals surface area contributed by atoms with E-state index in [-0.39, 0.29) is 0 Å². The number of unbranched alkanes of at least 4 members (excludes halogenated alkanes) is 2. The Balaban J connectivity index is 1.96. The molecule has 1 aliphatic carbocycles. The van der Waals surface area contributed by atoms with Crippen molar-refractivity contribution in [3.05, 3.63) is 0 Å². The Morgan fingerprint density at radius 3 is 2.62 bits per heavy atom. The fraction of sp³-hybridized carbons (Fsp3) is 1.00. The third-order valence-corrected chi connectivity index (χ3v) is 3.27. The molecule has 0 bridgehead atoms. The molecule has 0 aromatic rings. The zero-order chi connectivity index (χ0) is 11.8. The van der Waals surface area contributed by atoms with Crippen LogP contribution < -0.4 is 0 Å². The molecule has 1 N–H and O–H groups in total. The maximum absolute atomic E-state index is 9.20. The molecule has 0 aromatic carbocycles. The second kappa shape index (κ2) is 8.29. The van der Waals surface area contributed by atoms with Gasteiger partial charge in [-0.05, 0) is 38.6 Å². The Hall–Kier alpha value is 0.170. The van der Waals surface area contributed by atoms with Gasteiger partial charge in [-0.1, -0.05) is 6.42 Å². The zero-order valence-electron chi connectivity index (χ0n) is 10.2. The molecule has 0 radical (unpaired) electrons. The monoisotopic (exact) mass is 249 g/mol. The van der Waals surface area contributed by atoms with Crippen LogP contribution in [0.5, 0.6) is 0 Å². The lowest BCUT2D eigenvalue weighted by atomic mass is 10.2. The number of halogens is 1. The van der Waals surface area contributed by atoms with Gasteiger partial charge in [0.25, 0.3) is 0 Å². The van der Waals surface area contributed by atoms with E-state index in [9.17, 15) is 5.11 Å². The Bertz CT molecular complexity index is 176. The van der Waals surface area contributed by atoms with Crippen LogP contribution in [-0.2, 0) is 4.74 Å². The van der Waals surface area contributed by atoms with E-state index >= 15 is 0 Å². The van der Waals surface area contributed by atoms with Crippen molar-refractivity contribution in [3.63, 3.8) is 0 Å². The zero-order valence-corrected chi connectivity index (χ0v) is 11.0. The maximum Gasteiger partial charge on any atom is 0.154 e. The van der Waals surface area contributed by atoms with Gasteiger partial charge in [0.1, 0.15) is 0 Å². The van der Waals surface area contributed by atoms with Crippen molar-refractivity contribution in [1.82, 2.24) is 4.90 Å². The van der Waals surface area contributed by atoms with Crippen molar-refractivity contribution in [2.45, 2.75) is 50.9 Å². The molecule has 1 aliphatic rings. The molecule has 0 heterocycles. The lowest BCUT2D eigenvalue weighted by Crippen LogP contribution is -2.29. The molecule has 0 saturated heterocycles. The smallest absolute Gasteiger partial charge is 0.154 e. The Labute approximate surface area is 104 Å². The minimum atomic E-state index is -0.581. The highest BCUT2D eigenvalue weighted by Crippen LogP contribution is 2.26. The molecule has 4 heteroatoms. The number of aliphatic hydroxyl groups excluding tert-OH is 1. The van der Waals surface area contributed by atoms with Crippen LogP contribution in [0.25, 0.3) is 0 Å². The number of alkyl halides is 1. The van der Waals surface area contributed by atoms with Crippen LogP contribution in [0.2, 0.25) is 0 Å². The summed E-state index contributed by atoms with van der Waals surface area (Å²) in [6, 6.07) is 0.809. The first kappa shape index (κ1) is 14.2. The standard InChI is InChI=1S/C12H24ClNO2/c1-16-12(15)5-3-2-4-9-14(10-8-13)11-6-7-11/h11-12,15H,2-10H2,1H3. The number of ether oxygens (including phenoxy) is 1. The van der Waals surface area contributed by atoms with Gasteiger partial charge >= 0.3 is 0 Å². The summed E-state index contributed by atoms with van der Waals surface area (Å²) in [5.74, 6) is 0.735. The van der Waals surface area contributed by atoms with Gasteiger partial charge in [-0.25, -0.2) is 0 Å². The predicted molar refractivity (Wildman–Crippen MR) is 66.8 cm³/mol. The summed E-state index contributed by atoms with van der Waals surface area (Å²) >= 11 is 5.78. The van der Waals surface area contributed by atoms with Gasteiger partial charge in [-0.15, -0.1) is 11.6 Å². The summed E-state index contributed by atoms with van der Waals surface area (Å²) in [5.41, 5.74) is 0. The molecule has 96 valence electrons. The van der Waals surface area contributed by atoms with Gasteiger partial charge in [0.2, 0.25) is 0 Å². The topological polar surface area (TPSA) is 32.7 Å². The molecule has 0 aliphatic heterocycles. The summed E-state index contributed by atoms with van der Waals surface area (Å²) in [5, 5.41) is 9.20. The number of hydrogen-bond acceptors (Lipinski definition) is 3. The number of methoxy groups -OCH3 is 1. The molecule has 16 heavy (non-hydrogen) atoms. The second-order valence-electron chi connectivity index (χ2n) is 4.50. The van der Waals surface area contributed by atoms with E-state index in [1.807, 2.05) is 0 Å². The normalized spacial score (nSPS) is 18.0. The number of rotatable bonds is 10. The first-order valence-corrected chi connectivity index (χ1v) is 6.82. The van der Waals surface area contributed by atoms with E-state index < -0.39 is 6.29 Å². The van der Waals surface area contributed by atoms with Crippen LogP contribution in [0, 0.1) is 0 Å². The Morgan fingerprint density at radius 2 is 2.06 bits per heavy atom. The third kappa shape index (κ3) is 6.04. The van der Waals surface area contributed by atoms with E-state index in [0.29, 0.717) is 0 Å². The largest absolute Gasteiger partial charge is 0.368 e. The molecule has 1 fully saturated rings. The number of nitrogens with zero attached hydrogens (tertiary/aromatic N) is 1. The van der Waals surface area contributed by atoms with Crippen molar-refractivity contribution in [1.29, 1.82) is 0 Å². The average Bonchev–Trinajstić information content (AvgIpc) is 3.10. The molecule has 1 saturated carbocycles. The minimum absolute atomic E-state index is 0.581. The van der Waals surface area contributed by atoms with Gasteiger partial charge in [0.15, 0.2) is 6.29 Å². The van der Waals surface area contributed by atoms with Gasteiger partial charge in [0.05, 0.1) is 0 Å². The summed E-state index contributed by atoms with van der Waals surface area (Å²) in [7, 11) is 1.54. The molecular weight excluding hydrogens is 226 g/mol. The highest BCUT2D eigenvalue weighted by Gasteiger charge is 2.27. The highest BCUT2D eigenvalue weighted by atomic mass is 35.5. The fourth-order valence-corrected chi connectivity index (χ4v) is 2.17. The van der Waals surface area contributed by atoms with Gasteiger partial charge in [0, 0.05) is 25.6 Å². The van der Waals surface area contributed by atoms with Crippen LogP contribution in [0.4, 0.5) is 0 Å². The number of aliphatic hydroxyl groups is 1. The molecule has 1 atom stereocenters. The SMILES string of the molecule is COC(O)CCCCCN(CCCl)C1CC1. The van der Waals surface area contributed by atoms with Crippen molar-refractivity contribution < 1.29 is 9.84 Å². The second-order valence-corrected chi connectivity index (χ2v) is 4.87. The first-order valence-electron chi connectivity index (χ1n) is 6.28. The van der Waals surface area contributed by atoms with Crippen LogP contribution in [0.1, 0.15) is 38.5 Å². The van der Waals surface area contributed by atoms with Gasteiger partial charge in [-0.3, -0.25) is 4.90 Å². The van der Waals surface area contributed by atoms with E-state index in [0.717, 1.165) is 44.3 Å². The van der Waals surface area contributed by atoms with Crippen molar-refractivity contribution in [3.8, 4) is 0 Å². The molecule has 0 aromatic heterocycles. The Morgan fingerprint density at radius 1 is 1.31 bits per heavy atom. The minimum Gasteiger partial charge on any atom is -0.368 e. The summed E-state index contributed by atoms with van der Waals surface area (Å²) in [6.07, 6.45) is 6.25. The van der Waals surface area contributed by atoms with Gasteiger partial charge < -0.3 is 9.84 Å². The molecule has 1 rings (SSSR count). The average molecular weight is 250 g/mol. The summed E-state index contributed by atoms with van der Waals surface area (Å²) in [6.45, 7) is 2.17. The van der Waals surface area contributed by atoms with Crippen LogP contribution in [0.15, 0.2) is 0 Å². The van der Waals surface area contributed by atoms with Crippen LogP contribution in [-0.4, -0.2) is 48.4 Å². The third-order valence-electron chi connectivity index (χ3n) is 3.10. The summed E-state index contributed by atoms with van der Waals surface area (Å²) in [4.78, 5) is 2.50. The lowest BCUT2D eigenvalue weighted by molar-refractivity contribution is -0.0793. The molecule has 0 spiro atoms. The predicted octanol–water partition coefficient (Wildman–Crippen LogP) is 2.21. The highest BCUT2D eigenvalue weighted by molar-refractivity contribution is 6.18.